The molecular formula is C15H21NO2. The zero-order valence-corrected chi connectivity index (χ0v) is 11.2. The molecule has 0 bridgehead atoms. The van der Waals surface area contributed by atoms with E-state index < -0.39 is 0 Å². The van der Waals surface area contributed by atoms with Gasteiger partial charge in [0.15, 0.2) is 11.5 Å². The van der Waals surface area contributed by atoms with Crippen LogP contribution in [0.4, 0.5) is 0 Å². The molecule has 1 aromatic rings. The predicted molar refractivity (Wildman–Crippen MR) is 71.2 cm³/mol. The second kappa shape index (κ2) is 4.47. The summed E-state index contributed by atoms with van der Waals surface area (Å²) in [7, 11) is 0. The Bertz CT molecular complexity index is 436. The fourth-order valence-electron chi connectivity index (χ4n) is 3.16. The van der Waals surface area contributed by atoms with E-state index in [1.54, 1.807) is 0 Å². The number of benzene rings is 1. The third kappa shape index (κ3) is 1.77. The van der Waals surface area contributed by atoms with Gasteiger partial charge in [0.05, 0.1) is 0 Å². The van der Waals surface area contributed by atoms with Crippen LogP contribution in [0.5, 0.6) is 11.5 Å². The van der Waals surface area contributed by atoms with Gasteiger partial charge in [0.1, 0.15) is 13.2 Å². The van der Waals surface area contributed by atoms with Crippen LogP contribution < -0.4 is 14.8 Å². The van der Waals surface area contributed by atoms with E-state index in [1.807, 2.05) is 6.07 Å². The first-order valence-electron chi connectivity index (χ1n) is 6.87. The Morgan fingerprint density at radius 3 is 2.61 bits per heavy atom. The van der Waals surface area contributed by atoms with Crippen molar-refractivity contribution < 1.29 is 9.47 Å². The van der Waals surface area contributed by atoms with Crippen LogP contribution in [0.25, 0.3) is 0 Å². The van der Waals surface area contributed by atoms with Gasteiger partial charge in [-0.3, -0.25) is 0 Å². The normalized spacial score (nSPS) is 26.6. The topological polar surface area (TPSA) is 30.5 Å². The van der Waals surface area contributed by atoms with Gasteiger partial charge in [0.2, 0.25) is 0 Å². The zero-order valence-electron chi connectivity index (χ0n) is 11.2. The van der Waals surface area contributed by atoms with Crippen LogP contribution in [0.3, 0.4) is 0 Å². The van der Waals surface area contributed by atoms with Crippen LogP contribution in [-0.2, 0) is 5.54 Å². The van der Waals surface area contributed by atoms with Crippen molar-refractivity contribution in [3.63, 3.8) is 0 Å². The highest BCUT2D eigenvalue weighted by Gasteiger charge is 2.38. The van der Waals surface area contributed by atoms with Crippen molar-refractivity contribution in [1.82, 2.24) is 5.32 Å². The lowest BCUT2D eigenvalue weighted by molar-refractivity contribution is 0.170. The minimum absolute atomic E-state index is 0.107. The standard InChI is InChI=1S/C15H21NO2/c1-11(2)15(6-3-7-16-15)12-4-5-13-14(10-12)18-9-8-17-13/h4-5,10-11,16H,3,6-9H2,1-2H3. The van der Waals surface area contributed by atoms with Crippen LogP contribution in [0, 0.1) is 5.92 Å². The molecule has 0 amide bonds. The lowest BCUT2D eigenvalue weighted by Gasteiger charge is -2.35. The fraction of sp³-hybridized carbons (Fsp3) is 0.600. The van der Waals surface area contributed by atoms with Gasteiger partial charge < -0.3 is 14.8 Å². The number of hydrogen-bond acceptors (Lipinski definition) is 3. The summed E-state index contributed by atoms with van der Waals surface area (Å²) < 4.78 is 11.3. The van der Waals surface area contributed by atoms with E-state index in [4.69, 9.17) is 9.47 Å². The van der Waals surface area contributed by atoms with Crippen molar-refractivity contribution in [3.8, 4) is 11.5 Å². The average molecular weight is 247 g/mol. The Morgan fingerprint density at radius 2 is 1.94 bits per heavy atom. The van der Waals surface area contributed by atoms with E-state index in [9.17, 15) is 0 Å². The van der Waals surface area contributed by atoms with Crippen molar-refractivity contribution in [2.75, 3.05) is 19.8 Å². The molecule has 3 rings (SSSR count). The van der Waals surface area contributed by atoms with Crippen molar-refractivity contribution in [2.24, 2.45) is 5.92 Å². The summed E-state index contributed by atoms with van der Waals surface area (Å²) in [5.74, 6) is 2.34. The van der Waals surface area contributed by atoms with Crippen molar-refractivity contribution in [1.29, 1.82) is 0 Å². The molecule has 1 saturated heterocycles. The average Bonchev–Trinajstić information content (AvgIpc) is 2.89. The number of rotatable bonds is 2. The first-order valence-corrected chi connectivity index (χ1v) is 6.87. The summed E-state index contributed by atoms with van der Waals surface area (Å²) in [6.45, 7) is 6.98. The highest BCUT2D eigenvalue weighted by atomic mass is 16.6. The van der Waals surface area contributed by atoms with Crippen molar-refractivity contribution >= 4 is 0 Å². The maximum Gasteiger partial charge on any atom is 0.161 e. The quantitative estimate of drug-likeness (QED) is 0.871. The zero-order chi connectivity index (χ0) is 12.6. The smallest absolute Gasteiger partial charge is 0.161 e. The summed E-state index contributed by atoms with van der Waals surface area (Å²) in [6, 6.07) is 6.40. The minimum Gasteiger partial charge on any atom is -0.486 e. The second-order valence-electron chi connectivity index (χ2n) is 5.51. The van der Waals surface area contributed by atoms with Crippen LogP contribution in [0.15, 0.2) is 18.2 Å². The molecule has 2 aliphatic rings. The molecule has 1 unspecified atom stereocenters. The third-order valence-corrected chi connectivity index (χ3v) is 4.23. The van der Waals surface area contributed by atoms with Gasteiger partial charge in [-0.15, -0.1) is 0 Å². The van der Waals surface area contributed by atoms with E-state index in [0.717, 1.165) is 18.0 Å². The molecule has 18 heavy (non-hydrogen) atoms. The number of hydrogen-bond donors (Lipinski definition) is 1. The maximum absolute atomic E-state index is 5.70. The van der Waals surface area contributed by atoms with Gasteiger partial charge >= 0.3 is 0 Å². The summed E-state index contributed by atoms with van der Waals surface area (Å²) >= 11 is 0. The highest BCUT2D eigenvalue weighted by Crippen LogP contribution is 2.41. The van der Waals surface area contributed by atoms with Gasteiger partial charge in [-0.25, -0.2) is 0 Å². The predicted octanol–water partition coefficient (Wildman–Crippen LogP) is 2.69. The second-order valence-corrected chi connectivity index (χ2v) is 5.51. The molecule has 2 aliphatic heterocycles. The van der Waals surface area contributed by atoms with Gasteiger partial charge in [-0.1, -0.05) is 19.9 Å². The highest BCUT2D eigenvalue weighted by molar-refractivity contribution is 5.46. The van der Waals surface area contributed by atoms with E-state index >= 15 is 0 Å². The summed E-state index contributed by atoms with van der Waals surface area (Å²) in [5.41, 5.74) is 1.44. The van der Waals surface area contributed by atoms with Crippen molar-refractivity contribution in [2.45, 2.75) is 32.2 Å². The number of fused-ring (bicyclic) bond motifs is 1. The molecule has 1 atom stereocenters. The first-order chi connectivity index (χ1) is 8.72. The van der Waals surface area contributed by atoms with Gasteiger partial charge in [-0.05, 0) is 43.0 Å². The number of nitrogens with one attached hydrogen (secondary N) is 1. The van der Waals surface area contributed by atoms with Crippen LogP contribution >= 0.6 is 0 Å². The third-order valence-electron chi connectivity index (χ3n) is 4.23. The molecular weight excluding hydrogens is 226 g/mol. The van der Waals surface area contributed by atoms with Gasteiger partial charge in [0.25, 0.3) is 0 Å². The molecule has 3 nitrogen and oxygen atoms in total. The Morgan fingerprint density at radius 1 is 1.17 bits per heavy atom. The summed E-state index contributed by atoms with van der Waals surface area (Å²) in [6.07, 6.45) is 2.44. The van der Waals surface area contributed by atoms with Crippen molar-refractivity contribution in [3.05, 3.63) is 23.8 Å². The molecule has 1 aromatic carbocycles. The molecule has 1 N–H and O–H groups in total. The number of ether oxygens (including phenoxy) is 2. The molecule has 0 radical (unpaired) electrons. The maximum atomic E-state index is 5.70. The summed E-state index contributed by atoms with van der Waals surface area (Å²) in [5, 5.41) is 3.70. The van der Waals surface area contributed by atoms with E-state index in [0.29, 0.717) is 19.1 Å². The first kappa shape index (κ1) is 11.8. The van der Waals surface area contributed by atoms with Gasteiger partial charge in [-0.2, -0.15) is 0 Å². The van der Waals surface area contributed by atoms with Crippen LogP contribution in [-0.4, -0.2) is 19.8 Å². The largest absolute Gasteiger partial charge is 0.486 e. The van der Waals surface area contributed by atoms with Crippen LogP contribution in [0.1, 0.15) is 32.3 Å². The van der Waals surface area contributed by atoms with E-state index in [-0.39, 0.29) is 5.54 Å². The molecule has 0 aromatic heterocycles. The molecule has 98 valence electrons. The van der Waals surface area contributed by atoms with Gasteiger partial charge in [0, 0.05) is 5.54 Å². The van der Waals surface area contributed by atoms with E-state index in [1.165, 1.54) is 18.4 Å². The molecule has 0 aliphatic carbocycles. The molecule has 3 heteroatoms. The summed E-state index contributed by atoms with van der Waals surface area (Å²) in [4.78, 5) is 0. The van der Waals surface area contributed by atoms with Crippen LogP contribution in [0.2, 0.25) is 0 Å². The Hall–Kier alpha value is -1.22. The minimum atomic E-state index is 0.107. The molecule has 1 fully saturated rings. The SMILES string of the molecule is CC(C)C1(c2ccc3c(c2)OCCO3)CCCN1. The molecule has 0 spiro atoms. The fourth-order valence-corrected chi connectivity index (χ4v) is 3.16. The Labute approximate surface area is 108 Å². The monoisotopic (exact) mass is 247 g/mol. The Balaban J connectivity index is 2.00. The lowest BCUT2D eigenvalue weighted by atomic mass is 9.78. The van der Waals surface area contributed by atoms with E-state index in [2.05, 4.69) is 31.3 Å². The Kier molecular flexibility index (Phi) is 2.94. The molecule has 2 heterocycles. The molecule has 0 saturated carbocycles. The lowest BCUT2D eigenvalue weighted by Crippen LogP contribution is -2.41.